The molecule has 0 amide bonds. The van der Waals surface area contributed by atoms with Crippen molar-refractivity contribution in [3.63, 3.8) is 0 Å². The van der Waals surface area contributed by atoms with Gasteiger partial charge in [0.25, 0.3) is 0 Å². The van der Waals surface area contributed by atoms with Crippen LogP contribution in [0.4, 0.5) is 5.82 Å². The Labute approximate surface area is 116 Å². The molecule has 0 saturated carbocycles. The van der Waals surface area contributed by atoms with E-state index in [2.05, 4.69) is 37.6 Å². The summed E-state index contributed by atoms with van der Waals surface area (Å²) in [5.74, 6) is 0.430. The van der Waals surface area contributed by atoms with Crippen LogP contribution in [0.1, 0.15) is 51.3 Å². The van der Waals surface area contributed by atoms with Crippen LogP contribution in [-0.4, -0.2) is 33.6 Å². The monoisotopic (exact) mass is 265 g/mol. The number of nitrogens with zero attached hydrogens (tertiary/aromatic N) is 2. The van der Waals surface area contributed by atoms with Gasteiger partial charge in [0, 0.05) is 17.3 Å². The maximum Gasteiger partial charge on any atom is 0.129 e. The molecule has 0 aromatic carbocycles. The number of aliphatic hydroxyl groups is 1. The second kappa shape index (κ2) is 6.35. The number of rotatable bonds is 6. The first kappa shape index (κ1) is 15.9. The Morgan fingerprint density at radius 3 is 2.37 bits per heavy atom. The zero-order valence-corrected chi connectivity index (χ0v) is 12.8. The van der Waals surface area contributed by atoms with Crippen LogP contribution < -0.4 is 5.73 Å². The lowest BCUT2D eigenvalue weighted by Gasteiger charge is -2.44. The van der Waals surface area contributed by atoms with E-state index in [1.807, 2.05) is 13.0 Å². The van der Waals surface area contributed by atoms with Crippen molar-refractivity contribution in [1.29, 1.82) is 0 Å². The van der Waals surface area contributed by atoms with Gasteiger partial charge in [-0.1, -0.05) is 20.8 Å². The number of hydrogen-bond donors (Lipinski definition) is 2. The summed E-state index contributed by atoms with van der Waals surface area (Å²) in [6, 6.07) is 1.90. The zero-order valence-electron chi connectivity index (χ0n) is 12.8. The number of aryl methyl sites for hydroxylation is 1. The third-order valence-electron chi connectivity index (χ3n) is 4.30. The van der Waals surface area contributed by atoms with Gasteiger partial charge in [-0.15, -0.1) is 0 Å². The van der Waals surface area contributed by atoms with Crippen molar-refractivity contribution in [2.24, 2.45) is 0 Å². The topological polar surface area (TPSA) is 62.4 Å². The molecule has 0 aliphatic carbocycles. The van der Waals surface area contributed by atoms with Crippen LogP contribution in [0.5, 0.6) is 0 Å². The van der Waals surface area contributed by atoms with Crippen molar-refractivity contribution in [1.82, 2.24) is 9.88 Å². The number of pyridine rings is 1. The van der Waals surface area contributed by atoms with Crippen LogP contribution in [0.25, 0.3) is 0 Å². The van der Waals surface area contributed by atoms with Crippen molar-refractivity contribution in [2.45, 2.75) is 52.7 Å². The maximum atomic E-state index is 10.9. The predicted molar refractivity (Wildman–Crippen MR) is 80.0 cm³/mol. The van der Waals surface area contributed by atoms with Gasteiger partial charge in [-0.25, -0.2) is 4.98 Å². The van der Waals surface area contributed by atoms with E-state index in [9.17, 15) is 5.11 Å². The van der Waals surface area contributed by atoms with E-state index in [0.717, 1.165) is 30.6 Å². The quantitative estimate of drug-likeness (QED) is 0.829. The molecule has 0 fully saturated rings. The van der Waals surface area contributed by atoms with Crippen LogP contribution in [0.2, 0.25) is 0 Å². The van der Waals surface area contributed by atoms with Crippen molar-refractivity contribution < 1.29 is 5.11 Å². The highest BCUT2D eigenvalue weighted by molar-refractivity contribution is 5.46. The van der Waals surface area contributed by atoms with E-state index in [4.69, 9.17) is 5.73 Å². The molecule has 4 nitrogen and oxygen atoms in total. The first-order valence-corrected chi connectivity index (χ1v) is 7.06. The zero-order chi connectivity index (χ0) is 14.6. The number of likely N-dealkylation sites (N-methyl/N-ethyl adjacent to an activating group) is 1. The Kier molecular flexibility index (Phi) is 5.32. The molecule has 108 valence electrons. The highest BCUT2D eigenvalue weighted by Gasteiger charge is 2.38. The van der Waals surface area contributed by atoms with Crippen molar-refractivity contribution in [3.8, 4) is 0 Å². The molecular formula is C15H27N3O. The molecule has 4 heteroatoms. The first-order valence-electron chi connectivity index (χ1n) is 7.06. The van der Waals surface area contributed by atoms with Crippen LogP contribution >= 0.6 is 0 Å². The first-order chi connectivity index (χ1) is 8.92. The van der Waals surface area contributed by atoms with E-state index in [1.54, 1.807) is 6.20 Å². The molecule has 1 aromatic rings. The Balaban J connectivity index is 3.25. The molecule has 0 aliphatic rings. The Hall–Kier alpha value is -1.13. The average Bonchev–Trinajstić information content (AvgIpc) is 2.39. The normalized spacial score (nSPS) is 16.4. The molecule has 0 radical (unpaired) electrons. The summed E-state index contributed by atoms with van der Waals surface area (Å²) in [6.07, 6.45) is 1.90. The smallest absolute Gasteiger partial charge is 0.129 e. The van der Waals surface area contributed by atoms with Crippen molar-refractivity contribution >= 4 is 5.82 Å². The summed E-state index contributed by atoms with van der Waals surface area (Å²) in [7, 11) is 0. The van der Waals surface area contributed by atoms with Crippen LogP contribution in [-0.2, 0) is 0 Å². The van der Waals surface area contributed by atoms with E-state index in [0.29, 0.717) is 5.82 Å². The Morgan fingerprint density at radius 2 is 1.95 bits per heavy atom. The molecule has 2 unspecified atom stereocenters. The Morgan fingerprint density at radius 1 is 1.37 bits per heavy atom. The van der Waals surface area contributed by atoms with Gasteiger partial charge >= 0.3 is 0 Å². The molecule has 1 rings (SSSR count). The van der Waals surface area contributed by atoms with E-state index >= 15 is 0 Å². The van der Waals surface area contributed by atoms with Crippen molar-refractivity contribution in [3.05, 3.63) is 23.4 Å². The van der Waals surface area contributed by atoms with Gasteiger partial charge in [-0.3, -0.25) is 4.90 Å². The number of aromatic nitrogens is 1. The fraction of sp³-hybridized carbons (Fsp3) is 0.667. The number of nitrogen functional groups attached to an aromatic ring is 1. The van der Waals surface area contributed by atoms with E-state index in [1.165, 1.54) is 0 Å². The van der Waals surface area contributed by atoms with Gasteiger partial charge in [0.2, 0.25) is 0 Å². The van der Waals surface area contributed by atoms with Crippen molar-refractivity contribution in [2.75, 3.05) is 18.8 Å². The minimum Gasteiger partial charge on any atom is -0.386 e. The molecule has 0 spiro atoms. The molecule has 2 atom stereocenters. The second-order valence-electron chi connectivity index (χ2n) is 5.21. The summed E-state index contributed by atoms with van der Waals surface area (Å²) in [5, 5.41) is 10.9. The third kappa shape index (κ3) is 2.90. The minimum absolute atomic E-state index is 0.328. The fourth-order valence-electron chi connectivity index (χ4n) is 2.79. The van der Waals surface area contributed by atoms with E-state index < -0.39 is 6.10 Å². The molecule has 1 aromatic heterocycles. The van der Waals surface area contributed by atoms with Crippen LogP contribution in [0.3, 0.4) is 0 Å². The van der Waals surface area contributed by atoms with Gasteiger partial charge in [0.1, 0.15) is 11.9 Å². The fourth-order valence-corrected chi connectivity index (χ4v) is 2.79. The van der Waals surface area contributed by atoms with Crippen LogP contribution in [0.15, 0.2) is 12.3 Å². The second-order valence-corrected chi connectivity index (χ2v) is 5.21. The summed E-state index contributed by atoms with van der Waals surface area (Å²) < 4.78 is 0. The predicted octanol–water partition coefficient (Wildman–Crippen LogP) is 2.52. The summed E-state index contributed by atoms with van der Waals surface area (Å²) in [5.41, 5.74) is 7.39. The number of aliphatic hydroxyl groups excluding tert-OH is 1. The van der Waals surface area contributed by atoms with E-state index in [-0.39, 0.29) is 5.54 Å². The van der Waals surface area contributed by atoms with Gasteiger partial charge < -0.3 is 10.8 Å². The summed E-state index contributed by atoms with van der Waals surface area (Å²) in [4.78, 5) is 6.40. The largest absolute Gasteiger partial charge is 0.386 e. The lowest BCUT2D eigenvalue weighted by molar-refractivity contribution is -0.0214. The maximum absolute atomic E-state index is 10.9. The highest BCUT2D eigenvalue weighted by atomic mass is 16.3. The van der Waals surface area contributed by atoms with Gasteiger partial charge in [-0.2, -0.15) is 0 Å². The number of nitrogens with two attached hydrogens (primary N) is 1. The molecular weight excluding hydrogens is 238 g/mol. The molecule has 1 heterocycles. The summed E-state index contributed by atoms with van der Waals surface area (Å²) in [6.45, 7) is 12.2. The Bertz CT molecular complexity index is 398. The molecule has 3 N–H and O–H groups in total. The van der Waals surface area contributed by atoms with Gasteiger partial charge in [0.15, 0.2) is 0 Å². The van der Waals surface area contributed by atoms with Gasteiger partial charge in [0.05, 0.1) is 0 Å². The summed E-state index contributed by atoms with van der Waals surface area (Å²) >= 11 is 0. The third-order valence-corrected chi connectivity index (χ3v) is 4.30. The minimum atomic E-state index is -0.633. The molecule has 0 aliphatic heterocycles. The lowest BCUT2D eigenvalue weighted by Crippen LogP contribution is -2.50. The molecule has 0 saturated heterocycles. The molecule has 19 heavy (non-hydrogen) atoms. The average molecular weight is 265 g/mol. The van der Waals surface area contributed by atoms with Crippen LogP contribution in [0, 0.1) is 6.92 Å². The highest BCUT2D eigenvalue weighted by Crippen LogP contribution is 2.37. The standard InChI is InChI=1S/C15H27N3O/c1-6-15(5,18(7-2)8-3)13(19)12-11(4)9-10-17-14(12)16/h9-10,13,19H,6-8H2,1-5H3,(H2,16,17). The molecule has 0 bridgehead atoms. The number of anilines is 1. The SMILES string of the molecule is CCN(CC)C(C)(CC)C(O)c1c(C)ccnc1N. The lowest BCUT2D eigenvalue weighted by atomic mass is 9.83. The van der Waals surface area contributed by atoms with Gasteiger partial charge in [-0.05, 0) is 45.0 Å². The number of hydrogen-bond acceptors (Lipinski definition) is 4.